The summed E-state index contributed by atoms with van der Waals surface area (Å²) in [5.74, 6) is 0.999. The van der Waals surface area contributed by atoms with Crippen molar-refractivity contribution >= 4 is 22.4 Å². The largest absolute Gasteiger partial charge is 0.496 e. The van der Waals surface area contributed by atoms with Crippen LogP contribution in [0.3, 0.4) is 0 Å². The molecule has 0 spiro atoms. The Morgan fingerprint density at radius 1 is 1.17 bits per heavy atom. The minimum Gasteiger partial charge on any atom is -0.496 e. The third-order valence-corrected chi connectivity index (χ3v) is 5.41. The van der Waals surface area contributed by atoms with E-state index in [1.54, 1.807) is 24.1 Å². The molecule has 6 heteroatoms. The second-order valence-corrected chi connectivity index (χ2v) is 7.33. The predicted octanol–water partition coefficient (Wildman–Crippen LogP) is 4.58. The van der Waals surface area contributed by atoms with Crippen LogP contribution >= 0.6 is 0 Å². The Hall–Kier alpha value is -3.54. The minimum absolute atomic E-state index is 0.146. The zero-order valence-electron chi connectivity index (χ0n) is 17.2. The first-order valence-corrected chi connectivity index (χ1v) is 9.32. The van der Waals surface area contributed by atoms with Crippen molar-refractivity contribution in [2.75, 3.05) is 12.8 Å². The van der Waals surface area contributed by atoms with Gasteiger partial charge in [0.25, 0.3) is 0 Å². The van der Waals surface area contributed by atoms with Crippen LogP contribution in [0.5, 0.6) is 5.75 Å². The van der Waals surface area contributed by atoms with E-state index < -0.39 is 0 Å². The number of aryl methyl sites for hydroxylation is 3. The van der Waals surface area contributed by atoms with E-state index in [1.807, 2.05) is 52.2 Å². The number of ether oxygens (including phenoxy) is 1. The van der Waals surface area contributed by atoms with Crippen LogP contribution in [0.4, 0.5) is 5.69 Å². The first-order valence-electron chi connectivity index (χ1n) is 9.32. The molecule has 2 N–H and O–H groups in total. The average molecular weight is 389 g/mol. The van der Waals surface area contributed by atoms with E-state index >= 15 is 0 Å². The third kappa shape index (κ3) is 2.97. The first kappa shape index (κ1) is 18.8. The number of rotatable bonds is 4. The van der Waals surface area contributed by atoms with Crippen LogP contribution in [-0.4, -0.2) is 22.7 Å². The Morgan fingerprint density at radius 2 is 1.93 bits per heavy atom. The van der Waals surface area contributed by atoms with Crippen molar-refractivity contribution in [3.05, 3.63) is 64.5 Å². The molecule has 0 aliphatic carbocycles. The fourth-order valence-corrected chi connectivity index (χ4v) is 3.56. The molecule has 0 atom stereocenters. The molecule has 2 aromatic carbocycles. The van der Waals surface area contributed by atoms with Gasteiger partial charge in [-0.15, -0.1) is 0 Å². The van der Waals surface area contributed by atoms with E-state index in [0.717, 1.165) is 22.3 Å². The van der Waals surface area contributed by atoms with Crippen molar-refractivity contribution in [3.8, 4) is 17.1 Å². The van der Waals surface area contributed by atoms with E-state index in [1.165, 1.54) is 0 Å². The van der Waals surface area contributed by atoms with Gasteiger partial charge in [0.2, 0.25) is 0 Å². The minimum atomic E-state index is -0.146. The molecule has 0 fully saturated rings. The number of benzene rings is 2. The van der Waals surface area contributed by atoms with Crippen molar-refractivity contribution in [1.82, 2.24) is 9.78 Å². The molecule has 29 heavy (non-hydrogen) atoms. The smallest absolute Gasteiger partial charge is 0.197 e. The topological polar surface area (TPSA) is 83.3 Å². The number of hydrogen-bond acceptors (Lipinski definition) is 5. The molecule has 148 valence electrons. The number of carbonyl (C=O) groups is 1. The van der Waals surface area contributed by atoms with Crippen LogP contribution in [0, 0.1) is 20.8 Å². The fourth-order valence-electron chi connectivity index (χ4n) is 3.56. The van der Waals surface area contributed by atoms with Crippen LogP contribution in [0.25, 0.3) is 22.3 Å². The molecule has 0 amide bonds. The highest BCUT2D eigenvalue weighted by atomic mass is 16.5. The zero-order chi connectivity index (χ0) is 20.9. The Kier molecular flexibility index (Phi) is 4.42. The lowest BCUT2D eigenvalue weighted by Gasteiger charge is -2.11. The molecule has 4 rings (SSSR count). The highest BCUT2D eigenvalue weighted by Crippen LogP contribution is 2.39. The van der Waals surface area contributed by atoms with Crippen LogP contribution in [0.1, 0.15) is 32.6 Å². The summed E-state index contributed by atoms with van der Waals surface area (Å²) in [4.78, 5) is 13.7. The van der Waals surface area contributed by atoms with Crippen LogP contribution in [0.2, 0.25) is 0 Å². The number of carbonyl (C=O) groups excluding carboxylic acids is 1. The van der Waals surface area contributed by atoms with Crippen molar-refractivity contribution in [1.29, 1.82) is 0 Å². The van der Waals surface area contributed by atoms with Gasteiger partial charge in [0.1, 0.15) is 11.5 Å². The Morgan fingerprint density at radius 3 is 2.59 bits per heavy atom. The molecule has 2 aromatic heterocycles. The molecule has 0 bridgehead atoms. The monoisotopic (exact) mass is 389 g/mol. The highest BCUT2D eigenvalue weighted by Gasteiger charge is 2.26. The summed E-state index contributed by atoms with van der Waals surface area (Å²) in [5, 5.41) is 4.91. The Labute approximate surface area is 168 Å². The molecule has 2 heterocycles. The summed E-state index contributed by atoms with van der Waals surface area (Å²) in [6.45, 7) is 5.85. The lowest BCUT2D eigenvalue weighted by Crippen LogP contribution is -2.04. The summed E-state index contributed by atoms with van der Waals surface area (Å²) >= 11 is 0. The van der Waals surface area contributed by atoms with E-state index in [4.69, 9.17) is 14.9 Å². The number of anilines is 1. The van der Waals surface area contributed by atoms with Gasteiger partial charge in [0.05, 0.1) is 30.1 Å². The maximum Gasteiger partial charge on any atom is 0.197 e. The summed E-state index contributed by atoms with van der Waals surface area (Å²) in [5.41, 5.74) is 11.9. The normalized spacial score (nSPS) is 11.2. The Balaban J connectivity index is 2.01. The highest BCUT2D eigenvalue weighted by molar-refractivity contribution is 6.20. The van der Waals surface area contributed by atoms with Gasteiger partial charge < -0.3 is 14.9 Å². The van der Waals surface area contributed by atoms with E-state index in [-0.39, 0.29) is 5.78 Å². The fraction of sp³-hybridized carbons (Fsp3) is 0.217. The number of nitrogens with zero attached hydrogens (tertiary/aromatic N) is 2. The van der Waals surface area contributed by atoms with E-state index in [0.29, 0.717) is 39.3 Å². The summed E-state index contributed by atoms with van der Waals surface area (Å²) < 4.78 is 13.3. The van der Waals surface area contributed by atoms with Gasteiger partial charge in [-0.05, 0) is 55.7 Å². The van der Waals surface area contributed by atoms with Gasteiger partial charge in [-0.1, -0.05) is 6.07 Å². The first-order chi connectivity index (χ1) is 13.8. The number of aromatic nitrogens is 2. The summed E-state index contributed by atoms with van der Waals surface area (Å²) in [7, 11) is 3.42. The van der Waals surface area contributed by atoms with Gasteiger partial charge in [0, 0.05) is 24.2 Å². The number of furan rings is 1. The maximum atomic E-state index is 13.7. The lowest BCUT2D eigenvalue weighted by atomic mass is 9.95. The Bertz CT molecular complexity index is 1260. The number of nitrogen functional groups attached to an aromatic ring is 1. The SMILES string of the molecule is COc1cc(C(=O)c2c(-c3cnn(C)c3)oc3c(N)c(C)ccc23)cc(C)c1C. The molecule has 0 unspecified atom stereocenters. The number of hydrogen-bond donors (Lipinski definition) is 1. The maximum absolute atomic E-state index is 13.7. The molecule has 6 nitrogen and oxygen atoms in total. The number of methoxy groups -OCH3 is 1. The van der Waals surface area contributed by atoms with E-state index in [2.05, 4.69) is 5.10 Å². The molecule has 4 aromatic rings. The van der Waals surface area contributed by atoms with Gasteiger partial charge in [0.15, 0.2) is 11.4 Å². The van der Waals surface area contributed by atoms with E-state index in [9.17, 15) is 4.79 Å². The lowest BCUT2D eigenvalue weighted by molar-refractivity contribution is 0.104. The second-order valence-electron chi connectivity index (χ2n) is 7.33. The summed E-state index contributed by atoms with van der Waals surface area (Å²) in [6, 6.07) is 7.44. The number of nitrogens with two attached hydrogens (primary N) is 1. The molecule has 0 saturated carbocycles. The molecule has 0 radical (unpaired) electrons. The predicted molar refractivity (Wildman–Crippen MR) is 113 cm³/mol. The van der Waals surface area contributed by atoms with Gasteiger partial charge >= 0.3 is 0 Å². The van der Waals surface area contributed by atoms with Crippen molar-refractivity contribution in [3.63, 3.8) is 0 Å². The standard InChI is InChI=1S/C23H23N3O3/c1-12-6-7-17-19(21(27)15-8-13(2)14(3)18(9-15)28-5)22(29-23(17)20(12)24)16-10-25-26(4)11-16/h6-11H,24H2,1-5H3. The second kappa shape index (κ2) is 6.81. The number of ketones is 1. The number of fused-ring (bicyclic) bond motifs is 1. The van der Waals surface area contributed by atoms with Crippen LogP contribution < -0.4 is 10.5 Å². The molecule has 0 saturated heterocycles. The molecular weight excluding hydrogens is 366 g/mol. The van der Waals surface area contributed by atoms with Crippen LogP contribution in [-0.2, 0) is 7.05 Å². The third-order valence-electron chi connectivity index (χ3n) is 5.41. The van der Waals surface area contributed by atoms with Crippen molar-refractivity contribution in [2.45, 2.75) is 20.8 Å². The van der Waals surface area contributed by atoms with Crippen LogP contribution in [0.15, 0.2) is 41.1 Å². The van der Waals surface area contributed by atoms with Crippen molar-refractivity contribution in [2.24, 2.45) is 7.05 Å². The van der Waals surface area contributed by atoms with Crippen molar-refractivity contribution < 1.29 is 13.9 Å². The molecule has 0 aliphatic rings. The molecular formula is C23H23N3O3. The van der Waals surface area contributed by atoms with Gasteiger partial charge in [-0.25, -0.2) is 0 Å². The average Bonchev–Trinajstić information content (AvgIpc) is 3.30. The molecule has 0 aliphatic heterocycles. The van der Waals surface area contributed by atoms with Gasteiger partial charge in [-0.2, -0.15) is 5.10 Å². The van der Waals surface area contributed by atoms with Gasteiger partial charge in [-0.3, -0.25) is 9.48 Å². The summed E-state index contributed by atoms with van der Waals surface area (Å²) in [6.07, 6.45) is 3.50. The zero-order valence-corrected chi connectivity index (χ0v) is 17.2. The quantitative estimate of drug-likeness (QED) is 0.408.